The molecule has 1 aliphatic heterocycles. The molecule has 1 aliphatic rings. The predicted octanol–water partition coefficient (Wildman–Crippen LogP) is 5.89. The summed E-state index contributed by atoms with van der Waals surface area (Å²) in [5.74, 6) is 0. The van der Waals surface area contributed by atoms with Crippen LogP contribution in [0, 0.1) is 0 Å². The summed E-state index contributed by atoms with van der Waals surface area (Å²) in [7, 11) is 0. The van der Waals surface area contributed by atoms with Crippen LogP contribution in [0.3, 0.4) is 0 Å². The number of rotatable bonds is 7. The van der Waals surface area contributed by atoms with Crippen LogP contribution in [-0.4, -0.2) is 36.7 Å². The predicted molar refractivity (Wildman–Crippen MR) is 127 cm³/mol. The molecule has 0 amide bonds. The average Bonchev–Trinajstić information content (AvgIpc) is 2.99. The third-order valence-electron chi connectivity index (χ3n) is 6.05. The van der Waals surface area contributed by atoms with Crippen molar-refractivity contribution in [2.24, 2.45) is 0 Å². The van der Waals surface area contributed by atoms with Crippen LogP contribution in [0.15, 0.2) is 48.5 Å². The van der Waals surface area contributed by atoms with E-state index < -0.39 is 0 Å². The van der Waals surface area contributed by atoms with Crippen LogP contribution in [0.2, 0.25) is 0 Å². The molecule has 3 nitrogen and oxygen atoms in total. The minimum atomic E-state index is 0.203. The van der Waals surface area contributed by atoms with Crippen LogP contribution in [0.25, 0.3) is 0 Å². The Bertz CT molecular complexity index is 778. The summed E-state index contributed by atoms with van der Waals surface area (Å²) in [6, 6.07) is 19.2. The molecular formula is C26H39N3. The Kier molecular flexibility index (Phi) is 6.58. The number of benzene rings is 2. The molecule has 3 heteroatoms. The van der Waals surface area contributed by atoms with Gasteiger partial charge in [0.1, 0.15) is 0 Å². The van der Waals surface area contributed by atoms with Gasteiger partial charge in [0.15, 0.2) is 0 Å². The Labute approximate surface area is 178 Å². The quantitative estimate of drug-likeness (QED) is 0.581. The van der Waals surface area contributed by atoms with Gasteiger partial charge in [-0.25, -0.2) is 0 Å². The lowest BCUT2D eigenvalue weighted by Crippen LogP contribution is -2.43. The second kappa shape index (κ2) is 8.79. The molecule has 3 rings (SSSR count). The van der Waals surface area contributed by atoms with Crippen molar-refractivity contribution in [2.75, 3.05) is 29.6 Å². The zero-order valence-electron chi connectivity index (χ0n) is 19.4. The number of hydrogen-bond donors (Lipinski definition) is 0. The summed E-state index contributed by atoms with van der Waals surface area (Å²) in [6.45, 7) is 20.1. The number of nitrogens with zero attached hydrogens (tertiary/aromatic N) is 3. The molecule has 0 radical (unpaired) electrons. The minimum absolute atomic E-state index is 0.203. The van der Waals surface area contributed by atoms with E-state index in [-0.39, 0.29) is 5.41 Å². The lowest BCUT2D eigenvalue weighted by molar-refractivity contribution is 0.179. The van der Waals surface area contributed by atoms with Crippen molar-refractivity contribution in [1.82, 2.24) is 4.90 Å². The van der Waals surface area contributed by atoms with Gasteiger partial charge >= 0.3 is 0 Å². The smallest absolute Gasteiger partial charge is 0.0908 e. The Balaban J connectivity index is 1.72. The summed E-state index contributed by atoms with van der Waals surface area (Å²) < 4.78 is 0. The van der Waals surface area contributed by atoms with E-state index in [2.05, 4.69) is 112 Å². The summed E-state index contributed by atoms with van der Waals surface area (Å²) in [5.41, 5.74) is 5.70. The molecule has 0 N–H and O–H groups in total. The molecule has 29 heavy (non-hydrogen) atoms. The number of para-hydroxylation sites is 2. The molecule has 1 heterocycles. The van der Waals surface area contributed by atoms with E-state index in [0.717, 1.165) is 26.3 Å². The van der Waals surface area contributed by atoms with Crippen molar-refractivity contribution >= 4 is 11.4 Å². The average molecular weight is 394 g/mol. The van der Waals surface area contributed by atoms with Gasteiger partial charge < -0.3 is 9.80 Å². The van der Waals surface area contributed by atoms with Crippen molar-refractivity contribution in [1.29, 1.82) is 0 Å². The highest BCUT2D eigenvalue weighted by Crippen LogP contribution is 2.36. The summed E-state index contributed by atoms with van der Waals surface area (Å²) in [6.07, 6.45) is 0. The second-order valence-electron chi connectivity index (χ2n) is 9.96. The molecule has 0 aromatic heterocycles. The van der Waals surface area contributed by atoms with E-state index in [4.69, 9.17) is 0 Å². The van der Waals surface area contributed by atoms with E-state index in [1.165, 1.54) is 22.5 Å². The largest absolute Gasteiger partial charge is 0.351 e. The topological polar surface area (TPSA) is 9.72 Å². The fourth-order valence-corrected chi connectivity index (χ4v) is 4.36. The van der Waals surface area contributed by atoms with Crippen LogP contribution in [0.5, 0.6) is 0 Å². The normalized spacial score (nSPS) is 14.4. The van der Waals surface area contributed by atoms with Crippen molar-refractivity contribution in [2.45, 2.75) is 72.5 Å². The zero-order valence-corrected chi connectivity index (χ0v) is 19.4. The second-order valence-corrected chi connectivity index (χ2v) is 9.96. The molecule has 0 atom stereocenters. The number of anilines is 2. The number of hydrogen-bond acceptors (Lipinski definition) is 3. The van der Waals surface area contributed by atoms with Gasteiger partial charge in [-0.2, -0.15) is 0 Å². The van der Waals surface area contributed by atoms with Crippen LogP contribution in [0.1, 0.15) is 59.6 Å². The van der Waals surface area contributed by atoms with Crippen molar-refractivity contribution in [3.8, 4) is 0 Å². The van der Waals surface area contributed by atoms with E-state index in [0.29, 0.717) is 12.1 Å². The van der Waals surface area contributed by atoms with Crippen molar-refractivity contribution < 1.29 is 0 Å². The minimum Gasteiger partial charge on any atom is -0.351 e. The highest BCUT2D eigenvalue weighted by molar-refractivity contribution is 5.76. The van der Waals surface area contributed by atoms with Gasteiger partial charge in [0, 0.05) is 31.7 Å². The fourth-order valence-electron chi connectivity index (χ4n) is 4.36. The summed E-state index contributed by atoms with van der Waals surface area (Å²) in [4.78, 5) is 7.63. The van der Waals surface area contributed by atoms with Crippen LogP contribution < -0.4 is 9.80 Å². The lowest BCUT2D eigenvalue weighted by atomic mass is 9.87. The third kappa shape index (κ3) is 5.14. The summed E-state index contributed by atoms with van der Waals surface area (Å²) in [5, 5.41) is 0. The van der Waals surface area contributed by atoms with Crippen LogP contribution in [-0.2, 0) is 12.0 Å². The van der Waals surface area contributed by atoms with Gasteiger partial charge in [-0.1, -0.05) is 57.2 Å². The maximum Gasteiger partial charge on any atom is 0.0908 e. The van der Waals surface area contributed by atoms with Crippen LogP contribution >= 0.6 is 0 Å². The van der Waals surface area contributed by atoms with Gasteiger partial charge in [-0.15, -0.1) is 0 Å². The van der Waals surface area contributed by atoms with E-state index in [1.54, 1.807) is 0 Å². The molecule has 158 valence electrons. The standard InChI is InChI=1S/C26H39N3/c1-20(2)29(21(3)4)17-16-27-19-28(25-11-9-8-10-24(25)27)18-22-12-14-23(15-13-22)26(5,6)7/h8-15,20-21H,16-19H2,1-7H3. The first kappa shape index (κ1) is 21.7. The Morgan fingerprint density at radius 1 is 0.828 bits per heavy atom. The first-order valence-corrected chi connectivity index (χ1v) is 11.1. The Hall–Kier alpha value is -2.00. The molecule has 0 fully saturated rings. The third-order valence-corrected chi connectivity index (χ3v) is 6.05. The van der Waals surface area contributed by atoms with E-state index in [9.17, 15) is 0 Å². The Morgan fingerprint density at radius 2 is 1.38 bits per heavy atom. The first-order chi connectivity index (χ1) is 13.7. The maximum atomic E-state index is 2.58. The van der Waals surface area contributed by atoms with Gasteiger partial charge in [0.25, 0.3) is 0 Å². The zero-order chi connectivity index (χ0) is 21.2. The summed E-state index contributed by atoms with van der Waals surface area (Å²) >= 11 is 0. The van der Waals surface area contributed by atoms with Gasteiger partial charge in [-0.05, 0) is 56.4 Å². The van der Waals surface area contributed by atoms with Crippen LogP contribution in [0.4, 0.5) is 11.4 Å². The molecule has 2 aromatic carbocycles. The fraction of sp³-hybridized carbons (Fsp3) is 0.538. The molecule has 0 bridgehead atoms. The Morgan fingerprint density at radius 3 is 1.90 bits per heavy atom. The van der Waals surface area contributed by atoms with E-state index >= 15 is 0 Å². The van der Waals surface area contributed by atoms with Crippen molar-refractivity contribution in [3.63, 3.8) is 0 Å². The molecule has 2 aromatic rings. The monoisotopic (exact) mass is 393 g/mol. The van der Waals surface area contributed by atoms with Gasteiger partial charge in [0.2, 0.25) is 0 Å². The number of fused-ring (bicyclic) bond motifs is 1. The highest BCUT2D eigenvalue weighted by Gasteiger charge is 2.26. The molecule has 0 unspecified atom stereocenters. The van der Waals surface area contributed by atoms with E-state index in [1.807, 2.05) is 0 Å². The molecule has 0 spiro atoms. The van der Waals surface area contributed by atoms with Gasteiger partial charge in [0.05, 0.1) is 18.0 Å². The molecule has 0 saturated carbocycles. The first-order valence-electron chi connectivity index (χ1n) is 11.1. The lowest BCUT2D eigenvalue weighted by Gasteiger charge is -2.32. The van der Waals surface area contributed by atoms with Gasteiger partial charge in [-0.3, -0.25) is 4.90 Å². The van der Waals surface area contributed by atoms with Crippen molar-refractivity contribution in [3.05, 3.63) is 59.7 Å². The molecule has 0 saturated heterocycles. The SMILES string of the molecule is CC(C)N(CCN1CN(Cc2ccc(C(C)(C)C)cc2)c2ccccc21)C(C)C. The highest BCUT2D eigenvalue weighted by atomic mass is 15.4. The maximum absolute atomic E-state index is 2.58. The molecule has 0 aliphatic carbocycles. The molecular weight excluding hydrogens is 354 g/mol.